The van der Waals surface area contributed by atoms with E-state index in [4.69, 9.17) is 9.97 Å². The predicted molar refractivity (Wildman–Crippen MR) is 125 cm³/mol. The molecule has 5 nitrogen and oxygen atoms in total. The molecule has 2 aromatic heterocycles. The number of hydrogen-bond donors (Lipinski definition) is 1. The summed E-state index contributed by atoms with van der Waals surface area (Å²) in [4.78, 5) is 14.2. The highest BCUT2D eigenvalue weighted by atomic mass is 15.2. The minimum absolute atomic E-state index is 0.0701. The third kappa shape index (κ3) is 3.78. The predicted octanol–water partition coefficient (Wildman–Crippen LogP) is 5.96. The van der Waals surface area contributed by atoms with Crippen molar-refractivity contribution < 1.29 is 0 Å². The van der Waals surface area contributed by atoms with E-state index < -0.39 is 0 Å². The second-order valence-electron chi connectivity index (χ2n) is 7.63. The molecule has 5 aromatic rings. The maximum Gasteiger partial charge on any atom is 0.225 e. The summed E-state index contributed by atoms with van der Waals surface area (Å²) >= 11 is 0. The molecule has 0 saturated heterocycles. The Labute approximate surface area is 181 Å². The maximum atomic E-state index is 4.86. The molecule has 1 atom stereocenters. The fourth-order valence-corrected chi connectivity index (χ4v) is 3.78. The zero-order valence-corrected chi connectivity index (χ0v) is 17.5. The Morgan fingerprint density at radius 3 is 2.42 bits per heavy atom. The van der Waals surface area contributed by atoms with Crippen molar-refractivity contribution in [1.82, 2.24) is 19.5 Å². The Morgan fingerprint density at radius 2 is 1.58 bits per heavy atom. The highest BCUT2D eigenvalue weighted by Gasteiger charge is 2.14. The van der Waals surface area contributed by atoms with Gasteiger partial charge in [0.1, 0.15) is 12.1 Å². The van der Waals surface area contributed by atoms with Gasteiger partial charge < -0.3 is 5.32 Å². The van der Waals surface area contributed by atoms with E-state index in [1.54, 1.807) is 0 Å². The van der Waals surface area contributed by atoms with Crippen LogP contribution in [0.25, 0.3) is 28.1 Å². The lowest BCUT2D eigenvalue weighted by atomic mass is 10.1. The summed E-state index contributed by atoms with van der Waals surface area (Å²) < 4.78 is 2.01. The minimum atomic E-state index is 0.0701. The van der Waals surface area contributed by atoms with Crippen molar-refractivity contribution in [1.29, 1.82) is 0 Å². The highest BCUT2D eigenvalue weighted by molar-refractivity contribution is 5.77. The van der Waals surface area contributed by atoms with Gasteiger partial charge in [-0.2, -0.15) is 4.98 Å². The SMILES string of the molecule is Cc1ccccc1-c1cc(-n2cnc3ccccc32)nc(NC(C)c2ccccc2)n1. The van der Waals surface area contributed by atoms with Crippen LogP contribution in [-0.2, 0) is 0 Å². The fourth-order valence-electron chi connectivity index (χ4n) is 3.78. The van der Waals surface area contributed by atoms with Crippen LogP contribution in [0.3, 0.4) is 0 Å². The van der Waals surface area contributed by atoms with Gasteiger partial charge in [0.2, 0.25) is 5.95 Å². The van der Waals surface area contributed by atoms with Crippen LogP contribution >= 0.6 is 0 Å². The van der Waals surface area contributed by atoms with E-state index in [-0.39, 0.29) is 6.04 Å². The number of nitrogens with zero attached hydrogens (tertiary/aromatic N) is 4. The molecule has 3 aromatic carbocycles. The van der Waals surface area contributed by atoms with Gasteiger partial charge in [0.15, 0.2) is 0 Å². The molecule has 0 bridgehead atoms. The van der Waals surface area contributed by atoms with Crippen LogP contribution < -0.4 is 5.32 Å². The summed E-state index contributed by atoms with van der Waals surface area (Å²) in [5.41, 5.74) is 6.27. The van der Waals surface area contributed by atoms with Crippen molar-refractivity contribution in [3.05, 3.63) is 102 Å². The van der Waals surface area contributed by atoms with Crippen LogP contribution in [0.5, 0.6) is 0 Å². The van der Waals surface area contributed by atoms with Crippen LogP contribution in [-0.4, -0.2) is 19.5 Å². The molecular formula is C26H23N5. The molecule has 0 spiro atoms. The molecular weight excluding hydrogens is 382 g/mol. The van der Waals surface area contributed by atoms with Crippen molar-refractivity contribution >= 4 is 17.0 Å². The monoisotopic (exact) mass is 405 g/mol. The Balaban J connectivity index is 1.63. The average Bonchev–Trinajstić information content (AvgIpc) is 3.24. The van der Waals surface area contributed by atoms with Gasteiger partial charge in [0.05, 0.1) is 22.8 Å². The van der Waals surface area contributed by atoms with E-state index >= 15 is 0 Å². The van der Waals surface area contributed by atoms with Crippen LogP contribution in [0.2, 0.25) is 0 Å². The number of rotatable bonds is 5. The van der Waals surface area contributed by atoms with Crippen molar-refractivity contribution in [2.75, 3.05) is 5.32 Å². The van der Waals surface area contributed by atoms with Gasteiger partial charge in [-0.3, -0.25) is 4.57 Å². The van der Waals surface area contributed by atoms with Crippen LogP contribution in [0, 0.1) is 6.92 Å². The zero-order chi connectivity index (χ0) is 21.2. The lowest BCUT2D eigenvalue weighted by Gasteiger charge is -2.17. The van der Waals surface area contributed by atoms with E-state index in [9.17, 15) is 0 Å². The largest absolute Gasteiger partial charge is 0.348 e. The van der Waals surface area contributed by atoms with Gasteiger partial charge in [-0.15, -0.1) is 0 Å². The van der Waals surface area contributed by atoms with Gasteiger partial charge in [-0.05, 0) is 37.1 Å². The summed E-state index contributed by atoms with van der Waals surface area (Å²) in [6, 6.07) is 28.8. The second kappa shape index (κ2) is 8.03. The lowest BCUT2D eigenvalue weighted by molar-refractivity contribution is 0.855. The standard InChI is InChI=1S/C26H23N5/c1-18-10-6-7-13-21(18)23-16-25(31-17-27-22-14-8-9-15-24(22)31)30-26(29-23)28-19(2)20-11-4-3-5-12-20/h3-17,19H,1-2H3,(H,28,29,30). The molecule has 5 heteroatoms. The van der Waals surface area contributed by atoms with E-state index in [2.05, 4.69) is 54.5 Å². The Bertz CT molecular complexity index is 1340. The van der Waals surface area contributed by atoms with Crippen LogP contribution in [0.1, 0.15) is 24.1 Å². The minimum Gasteiger partial charge on any atom is -0.348 e. The zero-order valence-electron chi connectivity index (χ0n) is 17.5. The number of para-hydroxylation sites is 2. The summed E-state index contributed by atoms with van der Waals surface area (Å²) in [5.74, 6) is 1.37. The van der Waals surface area contributed by atoms with Crippen molar-refractivity contribution in [2.45, 2.75) is 19.9 Å². The Morgan fingerprint density at radius 1 is 0.839 bits per heavy atom. The number of fused-ring (bicyclic) bond motifs is 1. The van der Waals surface area contributed by atoms with Gasteiger partial charge >= 0.3 is 0 Å². The molecule has 0 aliphatic heterocycles. The number of nitrogens with one attached hydrogen (secondary N) is 1. The average molecular weight is 406 g/mol. The number of imidazole rings is 1. The topological polar surface area (TPSA) is 55.6 Å². The molecule has 0 fully saturated rings. The molecule has 0 aliphatic carbocycles. The first-order valence-corrected chi connectivity index (χ1v) is 10.4. The molecule has 0 radical (unpaired) electrons. The summed E-state index contributed by atoms with van der Waals surface area (Å²) in [7, 11) is 0. The van der Waals surface area contributed by atoms with Gasteiger partial charge in [0, 0.05) is 11.6 Å². The maximum absolute atomic E-state index is 4.86. The molecule has 31 heavy (non-hydrogen) atoms. The summed E-state index contributed by atoms with van der Waals surface area (Å²) in [5, 5.41) is 3.48. The van der Waals surface area contributed by atoms with Crippen molar-refractivity contribution in [3.63, 3.8) is 0 Å². The van der Waals surface area contributed by atoms with Crippen molar-refractivity contribution in [3.8, 4) is 17.1 Å². The summed E-state index contributed by atoms with van der Waals surface area (Å²) in [6.45, 7) is 4.22. The molecule has 0 aliphatic rings. The molecule has 0 saturated carbocycles. The first-order chi connectivity index (χ1) is 15.2. The van der Waals surface area contributed by atoms with E-state index in [0.717, 1.165) is 28.1 Å². The molecule has 1 unspecified atom stereocenters. The smallest absolute Gasteiger partial charge is 0.225 e. The first-order valence-electron chi connectivity index (χ1n) is 10.4. The fraction of sp³-hybridized carbons (Fsp3) is 0.115. The van der Waals surface area contributed by atoms with Gasteiger partial charge in [-0.25, -0.2) is 9.97 Å². The van der Waals surface area contributed by atoms with Crippen LogP contribution in [0.15, 0.2) is 91.3 Å². The van der Waals surface area contributed by atoms with Crippen LogP contribution in [0.4, 0.5) is 5.95 Å². The molecule has 2 heterocycles. The first kappa shape index (κ1) is 19.0. The van der Waals surface area contributed by atoms with E-state index in [1.807, 2.05) is 65.5 Å². The second-order valence-corrected chi connectivity index (χ2v) is 7.63. The lowest BCUT2D eigenvalue weighted by Crippen LogP contribution is -2.11. The number of anilines is 1. The summed E-state index contributed by atoms with van der Waals surface area (Å²) in [6.07, 6.45) is 1.82. The number of benzene rings is 3. The number of hydrogen-bond acceptors (Lipinski definition) is 4. The molecule has 5 rings (SSSR count). The highest BCUT2D eigenvalue weighted by Crippen LogP contribution is 2.27. The quantitative estimate of drug-likeness (QED) is 0.392. The molecule has 0 amide bonds. The van der Waals surface area contributed by atoms with Gasteiger partial charge in [-0.1, -0.05) is 66.7 Å². The number of aryl methyl sites for hydroxylation is 1. The van der Waals surface area contributed by atoms with Gasteiger partial charge in [0.25, 0.3) is 0 Å². The Kier molecular flexibility index (Phi) is 4.92. The Hall–Kier alpha value is -3.99. The van der Waals surface area contributed by atoms with E-state index in [0.29, 0.717) is 5.95 Å². The third-order valence-corrected chi connectivity index (χ3v) is 5.48. The molecule has 1 N–H and O–H groups in total. The normalized spacial score (nSPS) is 12.1. The molecule has 152 valence electrons. The van der Waals surface area contributed by atoms with E-state index in [1.165, 1.54) is 11.1 Å². The third-order valence-electron chi connectivity index (χ3n) is 5.48. The number of aromatic nitrogens is 4. The van der Waals surface area contributed by atoms with Crippen molar-refractivity contribution in [2.24, 2.45) is 0 Å².